The van der Waals surface area contributed by atoms with Gasteiger partial charge >= 0.3 is 0 Å². The van der Waals surface area contributed by atoms with Crippen LogP contribution in [-0.4, -0.2) is 29.2 Å². The van der Waals surface area contributed by atoms with Gasteiger partial charge in [0.05, 0.1) is 6.10 Å². The highest BCUT2D eigenvalue weighted by molar-refractivity contribution is 7.99. The fourth-order valence-electron chi connectivity index (χ4n) is 2.21. The molecule has 1 heterocycles. The Labute approximate surface area is 106 Å². The molecule has 1 unspecified atom stereocenters. The van der Waals surface area contributed by atoms with Gasteiger partial charge in [-0.05, 0) is 32.0 Å². The summed E-state index contributed by atoms with van der Waals surface area (Å²) in [6, 6.07) is 5.12. The lowest BCUT2D eigenvalue weighted by atomic mass is 10.1. The molecular formula is C13H18FNOS. The predicted molar refractivity (Wildman–Crippen MR) is 71.2 cm³/mol. The number of halogens is 1. The highest BCUT2D eigenvalue weighted by Gasteiger charge is 2.22. The van der Waals surface area contributed by atoms with Gasteiger partial charge in [-0.3, -0.25) is 0 Å². The molecule has 0 aliphatic carbocycles. The van der Waals surface area contributed by atoms with E-state index in [0.29, 0.717) is 11.6 Å². The van der Waals surface area contributed by atoms with Crippen LogP contribution in [0, 0.1) is 5.82 Å². The number of aliphatic hydroxyl groups is 1. The quantitative estimate of drug-likeness (QED) is 0.879. The molecule has 1 aromatic carbocycles. The molecule has 0 radical (unpaired) electrons. The van der Waals surface area contributed by atoms with Gasteiger partial charge in [0.1, 0.15) is 5.82 Å². The van der Waals surface area contributed by atoms with Crippen molar-refractivity contribution >= 4 is 17.4 Å². The number of nitrogens with zero attached hydrogens (tertiary/aromatic N) is 1. The average Bonchev–Trinajstić information content (AvgIpc) is 2.30. The van der Waals surface area contributed by atoms with Crippen molar-refractivity contribution in [3.8, 4) is 0 Å². The van der Waals surface area contributed by atoms with E-state index in [2.05, 4.69) is 11.8 Å². The zero-order chi connectivity index (χ0) is 12.4. The van der Waals surface area contributed by atoms with Gasteiger partial charge in [0.2, 0.25) is 0 Å². The summed E-state index contributed by atoms with van der Waals surface area (Å²) in [6.45, 7) is 4.81. The van der Waals surface area contributed by atoms with E-state index in [1.54, 1.807) is 13.0 Å². The molecule has 0 aromatic heterocycles. The van der Waals surface area contributed by atoms with E-state index in [9.17, 15) is 9.50 Å². The molecular weight excluding hydrogens is 237 g/mol. The molecule has 17 heavy (non-hydrogen) atoms. The SMILES string of the molecule is CC1CSCCN1c1ccc(F)cc1[C@@H](C)O. The van der Waals surface area contributed by atoms with Gasteiger partial charge in [-0.25, -0.2) is 4.39 Å². The number of anilines is 1. The van der Waals surface area contributed by atoms with E-state index in [0.717, 1.165) is 23.7 Å². The molecule has 1 aliphatic rings. The topological polar surface area (TPSA) is 23.5 Å². The third kappa shape index (κ3) is 2.75. The van der Waals surface area contributed by atoms with Crippen LogP contribution in [0.3, 0.4) is 0 Å². The van der Waals surface area contributed by atoms with Crippen LogP contribution < -0.4 is 4.90 Å². The molecule has 1 aliphatic heterocycles. The second-order valence-corrected chi connectivity index (χ2v) is 5.65. The van der Waals surface area contributed by atoms with Crippen LogP contribution in [0.2, 0.25) is 0 Å². The second kappa shape index (κ2) is 5.27. The number of hydrogen-bond donors (Lipinski definition) is 1. The average molecular weight is 255 g/mol. The van der Waals surface area contributed by atoms with E-state index in [-0.39, 0.29) is 5.82 Å². The van der Waals surface area contributed by atoms with Crippen LogP contribution in [0.5, 0.6) is 0 Å². The Balaban J connectivity index is 2.36. The summed E-state index contributed by atoms with van der Waals surface area (Å²) in [4.78, 5) is 2.26. The monoisotopic (exact) mass is 255 g/mol. The smallest absolute Gasteiger partial charge is 0.123 e. The third-order valence-electron chi connectivity index (χ3n) is 3.12. The van der Waals surface area contributed by atoms with E-state index in [1.165, 1.54) is 12.1 Å². The molecule has 1 fully saturated rings. The third-order valence-corrected chi connectivity index (χ3v) is 4.31. The first-order valence-corrected chi connectivity index (χ1v) is 7.07. The first kappa shape index (κ1) is 12.7. The van der Waals surface area contributed by atoms with Gasteiger partial charge in [0.25, 0.3) is 0 Å². The largest absolute Gasteiger partial charge is 0.389 e. The Kier molecular flexibility index (Phi) is 3.94. The second-order valence-electron chi connectivity index (χ2n) is 4.50. The maximum absolute atomic E-state index is 13.2. The number of benzene rings is 1. The molecule has 0 spiro atoms. The van der Waals surface area contributed by atoms with Crippen molar-refractivity contribution in [2.45, 2.75) is 26.0 Å². The first-order chi connectivity index (χ1) is 8.09. The maximum Gasteiger partial charge on any atom is 0.123 e. The van der Waals surface area contributed by atoms with Gasteiger partial charge in [0, 0.05) is 35.3 Å². The molecule has 4 heteroatoms. The molecule has 2 atom stereocenters. The van der Waals surface area contributed by atoms with Gasteiger partial charge in [-0.15, -0.1) is 0 Å². The number of aliphatic hydroxyl groups excluding tert-OH is 1. The predicted octanol–water partition coefficient (Wildman–Crippen LogP) is 2.82. The number of thioether (sulfide) groups is 1. The van der Waals surface area contributed by atoms with Crippen molar-refractivity contribution < 1.29 is 9.50 Å². The molecule has 0 amide bonds. The Hall–Kier alpha value is -0.740. The Morgan fingerprint density at radius 3 is 2.94 bits per heavy atom. The summed E-state index contributed by atoms with van der Waals surface area (Å²) in [7, 11) is 0. The molecule has 1 aromatic rings. The zero-order valence-electron chi connectivity index (χ0n) is 10.2. The molecule has 1 saturated heterocycles. The summed E-state index contributed by atoms with van der Waals surface area (Å²) < 4.78 is 13.2. The zero-order valence-corrected chi connectivity index (χ0v) is 11.0. The molecule has 0 saturated carbocycles. The lowest BCUT2D eigenvalue weighted by molar-refractivity contribution is 0.199. The summed E-state index contributed by atoms with van der Waals surface area (Å²) >= 11 is 1.94. The van der Waals surface area contributed by atoms with Gasteiger partial charge in [-0.1, -0.05) is 0 Å². The van der Waals surface area contributed by atoms with Crippen molar-refractivity contribution in [1.82, 2.24) is 0 Å². The van der Waals surface area contributed by atoms with Crippen molar-refractivity contribution in [3.05, 3.63) is 29.6 Å². The minimum absolute atomic E-state index is 0.288. The van der Waals surface area contributed by atoms with Crippen LogP contribution in [0.4, 0.5) is 10.1 Å². The van der Waals surface area contributed by atoms with E-state index < -0.39 is 6.10 Å². The summed E-state index contributed by atoms with van der Waals surface area (Å²) in [5.41, 5.74) is 1.65. The van der Waals surface area contributed by atoms with Crippen molar-refractivity contribution in [2.75, 3.05) is 23.0 Å². The number of rotatable bonds is 2. The minimum Gasteiger partial charge on any atom is -0.389 e. The Bertz CT molecular complexity index is 397. The highest BCUT2D eigenvalue weighted by atomic mass is 32.2. The minimum atomic E-state index is -0.637. The fraction of sp³-hybridized carbons (Fsp3) is 0.538. The van der Waals surface area contributed by atoms with Gasteiger partial charge in [-0.2, -0.15) is 11.8 Å². The standard InChI is InChI=1S/C13H18FNOS/c1-9-8-17-6-5-15(9)13-4-3-11(14)7-12(13)10(2)16/h3-4,7,9-10,16H,5-6,8H2,1-2H3/t9?,10-/m1/s1. The molecule has 2 rings (SSSR count). The van der Waals surface area contributed by atoms with E-state index >= 15 is 0 Å². The summed E-state index contributed by atoms with van der Waals surface area (Å²) in [5, 5.41) is 9.75. The normalized spacial score (nSPS) is 22.6. The molecule has 2 nitrogen and oxygen atoms in total. The van der Waals surface area contributed by atoms with Crippen molar-refractivity contribution in [2.24, 2.45) is 0 Å². The lowest BCUT2D eigenvalue weighted by Crippen LogP contribution is -2.41. The first-order valence-electron chi connectivity index (χ1n) is 5.91. The maximum atomic E-state index is 13.2. The number of hydrogen-bond acceptors (Lipinski definition) is 3. The molecule has 0 bridgehead atoms. The van der Waals surface area contributed by atoms with Crippen molar-refractivity contribution in [1.29, 1.82) is 0 Å². The van der Waals surface area contributed by atoms with Gasteiger partial charge in [0.15, 0.2) is 0 Å². The molecule has 1 N–H and O–H groups in total. The van der Waals surface area contributed by atoms with Gasteiger partial charge < -0.3 is 10.0 Å². The summed E-state index contributed by atoms with van der Waals surface area (Å²) in [5.74, 6) is 1.88. The van der Waals surface area contributed by atoms with Crippen LogP contribution in [-0.2, 0) is 0 Å². The Morgan fingerprint density at radius 1 is 1.53 bits per heavy atom. The van der Waals surface area contributed by atoms with Crippen LogP contribution in [0.25, 0.3) is 0 Å². The van der Waals surface area contributed by atoms with Crippen LogP contribution >= 0.6 is 11.8 Å². The highest BCUT2D eigenvalue weighted by Crippen LogP contribution is 2.31. The van der Waals surface area contributed by atoms with Crippen LogP contribution in [0.15, 0.2) is 18.2 Å². The van der Waals surface area contributed by atoms with Crippen LogP contribution in [0.1, 0.15) is 25.5 Å². The summed E-state index contributed by atoms with van der Waals surface area (Å²) in [6.07, 6.45) is -0.637. The Morgan fingerprint density at radius 2 is 2.29 bits per heavy atom. The van der Waals surface area contributed by atoms with E-state index in [1.807, 2.05) is 11.8 Å². The van der Waals surface area contributed by atoms with E-state index in [4.69, 9.17) is 0 Å². The lowest BCUT2D eigenvalue weighted by Gasteiger charge is -2.36. The molecule has 94 valence electrons. The van der Waals surface area contributed by atoms with Crippen molar-refractivity contribution in [3.63, 3.8) is 0 Å². The fourth-order valence-corrected chi connectivity index (χ4v) is 3.22.